The van der Waals surface area contributed by atoms with Crippen molar-refractivity contribution < 1.29 is 19.4 Å². The maximum absolute atomic E-state index is 11.8. The van der Waals surface area contributed by atoms with Crippen LogP contribution in [-0.4, -0.2) is 24.3 Å². The Kier molecular flexibility index (Phi) is 6.23. The van der Waals surface area contributed by atoms with Gasteiger partial charge in [-0.3, -0.25) is 0 Å². The third-order valence-corrected chi connectivity index (χ3v) is 3.94. The lowest BCUT2D eigenvalue weighted by atomic mass is 9.98. The molecule has 0 aliphatic carbocycles. The Hall–Kier alpha value is -2.75. The fourth-order valence-corrected chi connectivity index (χ4v) is 2.50. The fraction of sp³-hybridized carbons (Fsp3) is 0.286. The number of aliphatic carboxylic acids is 1. The number of aryl methyl sites for hydroxylation is 2. The van der Waals surface area contributed by atoms with Crippen molar-refractivity contribution in [1.29, 1.82) is 0 Å². The number of hydrogen-bond donors (Lipinski definition) is 1. The number of benzene rings is 2. The number of carboxylic acids is 1. The Morgan fingerprint density at radius 3 is 2.32 bits per heavy atom. The van der Waals surface area contributed by atoms with Crippen LogP contribution in [0, 0.1) is 13.8 Å². The standard InChI is InChI=1S/C21H24O4/c1-5-24-18-10-9-17(20(13-18)25-6-2)12-19(21(22)23)16-8-7-14(3)15(4)11-16/h7-13H,5-6H2,1-4H3,(H,22,23)/b19-12-. The molecule has 0 unspecified atom stereocenters. The fourth-order valence-electron chi connectivity index (χ4n) is 2.50. The summed E-state index contributed by atoms with van der Waals surface area (Å²) in [6.45, 7) is 8.83. The Labute approximate surface area is 148 Å². The highest BCUT2D eigenvalue weighted by molar-refractivity contribution is 6.20. The van der Waals surface area contributed by atoms with Crippen LogP contribution in [0.15, 0.2) is 36.4 Å². The van der Waals surface area contributed by atoms with Gasteiger partial charge in [-0.15, -0.1) is 0 Å². The van der Waals surface area contributed by atoms with Crippen LogP contribution in [0.25, 0.3) is 11.6 Å². The van der Waals surface area contributed by atoms with Gasteiger partial charge in [0.15, 0.2) is 0 Å². The molecule has 0 radical (unpaired) electrons. The molecule has 0 atom stereocenters. The maximum Gasteiger partial charge on any atom is 0.336 e. The summed E-state index contributed by atoms with van der Waals surface area (Å²) in [7, 11) is 0. The SMILES string of the molecule is CCOc1ccc(/C=C(\C(=O)O)c2ccc(C)c(C)c2)c(OCC)c1. The highest BCUT2D eigenvalue weighted by Crippen LogP contribution is 2.29. The molecule has 0 heterocycles. The molecule has 4 heteroatoms. The first-order valence-corrected chi connectivity index (χ1v) is 8.38. The van der Waals surface area contributed by atoms with E-state index in [1.165, 1.54) is 0 Å². The summed E-state index contributed by atoms with van der Waals surface area (Å²) >= 11 is 0. The molecular formula is C21H24O4. The van der Waals surface area contributed by atoms with Crippen LogP contribution in [0.3, 0.4) is 0 Å². The van der Waals surface area contributed by atoms with Gasteiger partial charge in [-0.25, -0.2) is 4.79 Å². The molecule has 0 aliphatic rings. The largest absolute Gasteiger partial charge is 0.494 e. The molecule has 0 fully saturated rings. The smallest absolute Gasteiger partial charge is 0.336 e. The third-order valence-electron chi connectivity index (χ3n) is 3.94. The molecule has 0 amide bonds. The monoisotopic (exact) mass is 340 g/mol. The highest BCUT2D eigenvalue weighted by atomic mass is 16.5. The first-order chi connectivity index (χ1) is 12.0. The lowest BCUT2D eigenvalue weighted by Crippen LogP contribution is -2.02. The first kappa shape index (κ1) is 18.6. The first-order valence-electron chi connectivity index (χ1n) is 8.38. The summed E-state index contributed by atoms with van der Waals surface area (Å²) in [5, 5.41) is 9.67. The van der Waals surface area contributed by atoms with Crippen LogP contribution in [0.4, 0.5) is 0 Å². The Morgan fingerprint density at radius 1 is 1.00 bits per heavy atom. The molecule has 2 aromatic rings. The molecule has 25 heavy (non-hydrogen) atoms. The van der Waals surface area contributed by atoms with Crippen LogP contribution in [0.2, 0.25) is 0 Å². The van der Waals surface area contributed by atoms with Gasteiger partial charge in [0.1, 0.15) is 11.5 Å². The van der Waals surface area contributed by atoms with Gasteiger partial charge in [0.25, 0.3) is 0 Å². The summed E-state index contributed by atoms with van der Waals surface area (Å²) in [6.07, 6.45) is 1.65. The van der Waals surface area contributed by atoms with E-state index in [0.717, 1.165) is 11.1 Å². The van der Waals surface area contributed by atoms with E-state index in [1.807, 2.05) is 58.0 Å². The molecule has 0 aromatic heterocycles. The van der Waals surface area contributed by atoms with Crippen molar-refractivity contribution in [2.45, 2.75) is 27.7 Å². The molecule has 0 aliphatic heterocycles. The van der Waals surface area contributed by atoms with Gasteiger partial charge >= 0.3 is 5.97 Å². The van der Waals surface area contributed by atoms with Gasteiger partial charge < -0.3 is 14.6 Å². The van der Waals surface area contributed by atoms with Crippen molar-refractivity contribution in [3.05, 3.63) is 58.7 Å². The Morgan fingerprint density at radius 2 is 1.72 bits per heavy atom. The van der Waals surface area contributed by atoms with Gasteiger partial charge in [0, 0.05) is 11.6 Å². The molecule has 2 aromatic carbocycles. The number of hydrogen-bond acceptors (Lipinski definition) is 3. The second-order valence-electron chi connectivity index (χ2n) is 5.73. The van der Waals surface area contributed by atoms with E-state index in [0.29, 0.717) is 35.8 Å². The zero-order valence-electron chi connectivity index (χ0n) is 15.1. The topological polar surface area (TPSA) is 55.8 Å². The number of ether oxygens (including phenoxy) is 2. The van der Waals surface area contributed by atoms with Crippen molar-refractivity contribution in [3.63, 3.8) is 0 Å². The molecule has 0 saturated heterocycles. The van der Waals surface area contributed by atoms with E-state index in [-0.39, 0.29) is 5.57 Å². The minimum absolute atomic E-state index is 0.230. The van der Waals surface area contributed by atoms with Crippen LogP contribution in [-0.2, 0) is 4.79 Å². The van der Waals surface area contributed by atoms with E-state index in [9.17, 15) is 9.90 Å². The van der Waals surface area contributed by atoms with Crippen molar-refractivity contribution in [2.24, 2.45) is 0 Å². The summed E-state index contributed by atoms with van der Waals surface area (Å²) in [5.41, 5.74) is 3.80. The van der Waals surface area contributed by atoms with E-state index >= 15 is 0 Å². The van der Waals surface area contributed by atoms with E-state index < -0.39 is 5.97 Å². The van der Waals surface area contributed by atoms with Gasteiger partial charge in [-0.2, -0.15) is 0 Å². The summed E-state index contributed by atoms with van der Waals surface area (Å²) < 4.78 is 11.2. The quantitative estimate of drug-likeness (QED) is 0.585. The predicted octanol–water partition coefficient (Wildman–Crippen LogP) is 4.73. The van der Waals surface area contributed by atoms with Crippen molar-refractivity contribution >= 4 is 17.6 Å². The molecule has 4 nitrogen and oxygen atoms in total. The van der Waals surface area contributed by atoms with Crippen LogP contribution >= 0.6 is 0 Å². The summed E-state index contributed by atoms with van der Waals surface area (Å²) in [5.74, 6) is 0.335. The highest BCUT2D eigenvalue weighted by Gasteiger charge is 2.13. The van der Waals surface area contributed by atoms with Gasteiger partial charge in [-0.05, 0) is 62.6 Å². The van der Waals surface area contributed by atoms with E-state index in [1.54, 1.807) is 12.1 Å². The van der Waals surface area contributed by atoms with Crippen LogP contribution < -0.4 is 9.47 Å². The molecule has 0 spiro atoms. The lowest BCUT2D eigenvalue weighted by Gasteiger charge is -2.12. The Bertz CT molecular complexity index is 790. The Balaban J connectivity index is 2.52. The average molecular weight is 340 g/mol. The van der Waals surface area contributed by atoms with Gasteiger partial charge in [0.2, 0.25) is 0 Å². The van der Waals surface area contributed by atoms with E-state index in [2.05, 4.69) is 0 Å². The lowest BCUT2D eigenvalue weighted by molar-refractivity contribution is -0.130. The normalized spacial score (nSPS) is 11.3. The van der Waals surface area contributed by atoms with Crippen LogP contribution in [0.1, 0.15) is 36.1 Å². The molecule has 0 saturated carbocycles. The maximum atomic E-state index is 11.8. The number of carbonyl (C=O) groups is 1. The van der Waals surface area contributed by atoms with Crippen molar-refractivity contribution in [3.8, 4) is 11.5 Å². The number of rotatable bonds is 7. The summed E-state index contributed by atoms with van der Waals surface area (Å²) in [6, 6.07) is 11.1. The molecular weight excluding hydrogens is 316 g/mol. The molecule has 132 valence electrons. The number of carboxylic acid groups (broad SMARTS) is 1. The minimum Gasteiger partial charge on any atom is -0.494 e. The molecule has 1 N–H and O–H groups in total. The van der Waals surface area contributed by atoms with E-state index in [4.69, 9.17) is 9.47 Å². The molecule has 2 rings (SSSR count). The minimum atomic E-state index is -0.973. The zero-order chi connectivity index (χ0) is 18.4. The predicted molar refractivity (Wildman–Crippen MR) is 100 cm³/mol. The van der Waals surface area contributed by atoms with Crippen molar-refractivity contribution in [2.75, 3.05) is 13.2 Å². The third kappa shape index (κ3) is 4.63. The zero-order valence-corrected chi connectivity index (χ0v) is 15.1. The second kappa shape index (κ2) is 8.38. The molecule has 0 bridgehead atoms. The van der Waals surface area contributed by atoms with Gasteiger partial charge in [0.05, 0.1) is 18.8 Å². The summed E-state index contributed by atoms with van der Waals surface area (Å²) in [4.78, 5) is 11.8. The van der Waals surface area contributed by atoms with Crippen molar-refractivity contribution in [1.82, 2.24) is 0 Å². The van der Waals surface area contributed by atoms with Gasteiger partial charge in [-0.1, -0.05) is 18.2 Å². The van der Waals surface area contributed by atoms with Crippen LogP contribution in [0.5, 0.6) is 11.5 Å². The average Bonchev–Trinajstić information content (AvgIpc) is 2.57. The second-order valence-corrected chi connectivity index (χ2v) is 5.73.